The highest BCUT2D eigenvalue weighted by atomic mass is 16.5. The van der Waals surface area contributed by atoms with Crippen molar-refractivity contribution in [2.75, 3.05) is 14.2 Å². The molecule has 0 aliphatic carbocycles. The third kappa shape index (κ3) is 1.84. The van der Waals surface area contributed by atoms with Crippen molar-refractivity contribution in [3.63, 3.8) is 0 Å². The predicted molar refractivity (Wildman–Crippen MR) is 76.4 cm³/mol. The Morgan fingerprint density at radius 1 is 1.05 bits per heavy atom. The molecule has 108 valence electrons. The Balaban J connectivity index is 2.59. The van der Waals surface area contributed by atoms with Crippen LogP contribution in [-0.2, 0) is 0 Å². The van der Waals surface area contributed by atoms with Gasteiger partial charge < -0.3 is 24.1 Å². The minimum Gasteiger partial charge on any atom is -0.508 e. The third-order valence-corrected chi connectivity index (χ3v) is 3.27. The highest BCUT2D eigenvalue weighted by Gasteiger charge is 2.19. The van der Waals surface area contributed by atoms with Crippen molar-refractivity contribution in [2.45, 2.75) is 0 Å². The van der Waals surface area contributed by atoms with Crippen LogP contribution in [0.3, 0.4) is 0 Å². The molecule has 3 rings (SSSR count). The van der Waals surface area contributed by atoms with Crippen LogP contribution in [0.2, 0.25) is 0 Å². The van der Waals surface area contributed by atoms with E-state index in [4.69, 9.17) is 13.9 Å². The number of ether oxygens (including phenoxy) is 2. The van der Waals surface area contributed by atoms with Crippen molar-refractivity contribution in [1.29, 1.82) is 0 Å². The molecular formula is C15H12O6. The van der Waals surface area contributed by atoms with Crippen LogP contribution in [0, 0.1) is 0 Å². The van der Waals surface area contributed by atoms with Crippen molar-refractivity contribution in [1.82, 2.24) is 0 Å². The van der Waals surface area contributed by atoms with Crippen molar-refractivity contribution >= 4 is 21.9 Å². The van der Waals surface area contributed by atoms with Crippen LogP contribution in [0.1, 0.15) is 0 Å². The van der Waals surface area contributed by atoms with E-state index >= 15 is 0 Å². The number of hydrogen-bond acceptors (Lipinski definition) is 6. The first-order chi connectivity index (χ1) is 10.1. The lowest BCUT2D eigenvalue weighted by atomic mass is 10.1. The van der Waals surface area contributed by atoms with Crippen LogP contribution in [-0.4, -0.2) is 24.4 Å². The molecule has 0 saturated heterocycles. The van der Waals surface area contributed by atoms with Crippen LogP contribution in [0.25, 0.3) is 21.9 Å². The minimum absolute atomic E-state index is 0.0423. The van der Waals surface area contributed by atoms with Crippen molar-refractivity contribution in [2.24, 2.45) is 0 Å². The largest absolute Gasteiger partial charge is 0.508 e. The standard InChI is InChI=1S/C15H12O6/c1-19-10-6-11(20-2)14(18)15-12(10)13(17)8-4-3-7(16)5-9(8)21-15/h3-6,16,18H,1-2H3. The minimum atomic E-state index is -0.360. The Labute approximate surface area is 118 Å². The summed E-state index contributed by atoms with van der Waals surface area (Å²) in [6, 6.07) is 5.57. The van der Waals surface area contributed by atoms with Gasteiger partial charge in [0.2, 0.25) is 11.2 Å². The zero-order chi connectivity index (χ0) is 15.1. The molecule has 6 nitrogen and oxygen atoms in total. The molecule has 2 N–H and O–H groups in total. The van der Waals surface area contributed by atoms with Gasteiger partial charge in [0.15, 0.2) is 11.3 Å². The molecule has 6 heteroatoms. The van der Waals surface area contributed by atoms with Gasteiger partial charge in [0.05, 0.1) is 19.6 Å². The molecular weight excluding hydrogens is 276 g/mol. The molecule has 0 atom stereocenters. The summed E-state index contributed by atoms with van der Waals surface area (Å²) in [5, 5.41) is 20.0. The lowest BCUT2D eigenvalue weighted by Gasteiger charge is -2.11. The maximum absolute atomic E-state index is 12.6. The van der Waals surface area contributed by atoms with Gasteiger partial charge in [-0.2, -0.15) is 0 Å². The van der Waals surface area contributed by atoms with Crippen molar-refractivity contribution in [3.05, 3.63) is 34.5 Å². The van der Waals surface area contributed by atoms with Crippen molar-refractivity contribution < 1.29 is 24.1 Å². The maximum atomic E-state index is 12.6. The van der Waals surface area contributed by atoms with E-state index in [2.05, 4.69) is 0 Å². The van der Waals surface area contributed by atoms with Gasteiger partial charge in [-0.05, 0) is 12.1 Å². The highest BCUT2D eigenvalue weighted by Crippen LogP contribution is 2.40. The number of fused-ring (bicyclic) bond motifs is 2. The first-order valence-corrected chi connectivity index (χ1v) is 6.10. The van der Waals surface area contributed by atoms with E-state index in [0.717, 1.165) is 0 Å². The first-order valence-electron chi connectivity index (χ1n) is 6.10. The topological polar surface area (TPSA) is 89.1 Å². The Bertz CT molecular complexity index is 910. The fourth-order valence-corrected chi connectivity index (χ4v) is 2.26. The van der Waals surface area contributed by atoms with Gasteiger partial charge in [-0.15, -0.1) is 0 Å². The Hall–Kier alpha value is -2.89. The van der Waals surface area contributed by atoms with E-state index in [9.17, 15) is 15.0 Å². The molecule has 0 aliphatic heterocycles. The number of methoxy groups -OCH3 is 2. The fraction of sp³-hybridized carbons (Fsp3) is 0.133. The first kappa shape index (κ1) is 13.1. The van der Waals surface area contributed by atoms with Gasteiger partial charge in [-0.3, -0.25) is 4.79 Å². The molecule has 1 heterocycles. The number of rotatable bonds is 2. The quantitative estimate of drug-likeness (QED) is 0.704. The van der Waals surface area contributed by atoms with E-state index in [0.29, 0.717) is 0 Å². The summed E-state index contributed by atoms with van der Waals surface area (Å²) in [5.74, 6) is 0.0281. The van der Waals surface area contributed by atoms with E-state index < -0.39 is 0 Å². The molecule has 0 bridgehead atoms. The molecule has 0 aliphatic rings. The van der Waals surface area contributed by atoms with Gasteiger partial charge in [0, 0.05) is 12.1 Å². The second kappa shape index (κ2) is 4.59. The van der Waals surface area contributed by atoms with E-state index in [-0.39, 0.29) is 50.4 Å². The molecule has 0 spiro atoms. The van der Waals surface area contributed by atoms with Gasteiger partial charge in [0.1, 0.15) is 22.5 Å². The van der Waals surface area contributed by atoms with E-state index in [1.165, 1.54) is 38.5 Å². The average Bonchev–Trinajstić information content (AvgIpc) is 2.48. The monoisotopic (exact) mass is 288 g/mol. The van der Waals surface area contributed by atoms with Gasteiger partial charge in [-0.25, -0.2) is 0 Å². The fourth-order valence-electron chi connectivity index (χ4n) is 2.26. The second-order valence-corrected chi connectivity index (χ2v) is 4.45. The molecule has 2 aromatic carbocycles. The Morgan fingerprint density at radius 3 is 2.43 bits per heavy atom. The van der Waals surface area contributed by atoms with Crippen LogP contribution in [0.5, 0.6) is 23.0 Å². The smallest absolute Gasteiger partial charge is 0.204 e. The second-order valence-electron chi connectivity index (χ2n) is 4.45. The normalized spacial score (nSPS) is 11.0. The summed E-state index contributed by atoms with van der Waals surface area (Å²) in [7, 11) is 2.79. The summed E-state index contributed by atoms with van der Waals surface area (Å²) in [5.41, 5.74) is -0.242. The summed E-state index contributed by atoms with van der Waals surface area (Å²) in [4.78, 5) is 12.6. The van der Waals surface area contributed by atoms with E-state index in [1.54, 1.807) is 0 Å². The summed E-state index contributed by atoms with van der Waals surface area (Å²) in [6.45, 7) is 0. The Morgan fingerprint density at radius 2 is 1.76 bits per heavy atom. The van der Waals surface area contributed by atoms with Crippen LogP contribution >= 0.6 is 0 Å². The number of hydrogen-bond donors (Lipinski definition) is 2. The summed E-state index contributed by atoms with van der Waals surface area (Å²) >= 11 is 0. The molecule has 3 aromatic rings. The lowest BCUT2D eigenvalue weighted by molar-refractivity contribution is 0.364. The van der Waals surface area contributed by atoms with Gasteiger partial charge in [-0.1, -0.05) is 0 Å². The number of aromatic hydroxyl groups is 2. The SMILES string of the molecule is COc1cc(OC)c2c(=O)c3ccc(O)cc3oc2c1O. The Kier molecular flexibility index (Phi) is 2.86. The van der Waals surface area contributed by atoms with Gasteiger partial charge >= 0.3 is 0 Å². The van der Waals surface area contributed by atoms with Gasteiger partial charge in [0.25, 0.3) is 0 Å². The van der Waals surface area contributed by atoms with Crippen molar-refractivity contribution in [3.8, 4) is 23.0 Å². The van der Waals surface area contributed by atoms with E-state index in [1.807, 2.05) is 0 Å². The molecule has 0 fully saturated rings. The zero-order valence-electron chi connectivity index (χ0n) is 11.3. The summed E-state index contributed by atoms with van der Waals surface area (Å²) < 4.78 is 15.8. The molecule has 1 aromatic heterocycles. The highest BCUT2D eigenvalue weighted by molar-refractivity contribution is 5.97. The number of benzene rings is 2. The average molecular weight is 288 g/mol. The van der Waals surface area contributed by atoms with Crippen LogP contribution in [0.15, 0.2) is 33.5 Å². The zero-order valence-corrected chi connectivity index (χ0v) is 11.3. The predicted octanol–water partition coefficient (Wildman–Crippen LogP) is 2.37. The molecule has 0 unspecified atom stereocenters. The number of phenolic OH excluding ortho intramolecular Hbond substituents is 2. The molecule has 0 radical (unpaired) electrons. The molecule has 0 amide bonds. The number of phenols is 2. The summed E-state index contributed by atoms with van der Waals surface area (Å²) in [6.07, 6.45) is 0. The van der Waals surface area contributed by atoms with Crippen LogP contribution in [0.4, 0.5) is 0 Å². The lowest BCUT2D eigenvalue weighted by Crippen LogP contribution is -2.04. The molecule has 0 saturated carbocycles. The third-order valence-electron chi connectivity index (χ3n) is 3.27. The molecule has 21 heavy (non-hydrogen) atoms. The van der Waals surface area contributed by atoms with Crippen LogP contribution < -0.4 is 14.9 Å². The maximum Gasteiger partial charge on any atom is 0.204 e.